The predicted molar refractivity (Wildman–Crippen MR) is 195 cm³/mol. The van der Waals surface area contributed by atoms with E-state index in [2.05, 4.69) is 33.6 Å². The van der Waals surface area contributed by atoms with Crippen LogP contribution in [0.3, 0.4) is 0 Å². The van der Waals surface area contributed by atoms with E-state index in [0.29, 0.717) is 22.5 Å². The summed E-state index contributed by atoms with van der Waals surface area (Å²) in [4.78, 5) is 89.9. The van der Waals surface area contributed by atoms with Crippen molar-refractivity contribution in [3.05, 3.63) is 68.6 Å². The van der Waals surface area contributed by atoms with Gasteiger partial charge in [-0.25, -0.2) is 19.6 Å². The molecule has 286 valence electrons. The first-order chi connectivity index (χ1) is 25.4. The van der Waals surface area contributed by atoms with E-state index in [1.165, 1.54) is 51.3 Å². The molecule has 2 atom stereocenters. The summed E-state index contributed by atoms with van der Waals surface area (Å²) in [6, 6.07) is 6.50. The van der Waals surface area contributed by atoms with Crippen LogP contribution in [0.1, 0.15) is 75.4 Å². The quantitative estimate of drug-likeness (QED) is 0.214. The maximum absolute atomic E-state index is 13.7. The van der Waals surface area contributed by atoms with Crippen LogP contribution in [0.15, 0.2) is 24.3 Å². The van der Waals surface area contributed by atoms with Gasteiger partial charge in [0.15, 0.2) is 0 Å². The fourth-order valence-corrected chi connectivity index (χ4v) is 6.18. The smallest absolute Gasteiger partial charge is 0.310 e. The standard InChI is InChI=1S/C38H46N8O8/c1-27(47)41-11-13-43(29(3)49)23-35-19-33(21-37(39-35)25-45(53,17-15-41)31(5)51)9-7-8-10-34-20-36-24-44(30(4)50)14-12-42(28(2)48)16-18-46(54,32(6)52)26-38(22-34)40-36/h19-22H,11-18,23-26H2,1-6H3. The molecule has 2 aromatic rings. The number of hydrogen-bond acceptors (Lipinski definition) is 10. The lowest BCUT2D eigenvalue weighted by Gasteiger charge is -2.40. The summed E-state index contributed by atoms with van der Waals surface area (Å²) in [5.74, 6) is 9.25. The van der Waals surface area contributed by atoms with Gasteiger partial charge in [0.05, 0.1) is 62.8 Å². The van der Waals surface area contributed by atoms with Crippen LogP contribution >= 0.6 is 0 Å². The highest BCUT2D eigenvalue weighted by atomic mass is 16.6. The molecule has 16 nitrogen and oxygen atoms in total. The molecule has 0 N–H and O–H groups in total. The monoisotopic (exact) mass is 742 g/mol. The number of aromatic nitrogens is 2. The molecule has 2 aromatic heterocycles. The second-order valence-corrected chi connectivity index (χ2v) is 13.7. The van der Waals surface area contributed by atoms with Crippen LogP contribution in [0.4, 0.5) is 0 Å². The molecule has 2 aliphatic rings. The van der Waals surface area contributed by atoms with Crippen molar-refractivity contribution in [2.24, 2.45) is 0 Å². The molecular weight excluding hydrogens is 696 g/mol. The van der Waals surface area contributed by atoms with Gasteiger partial charge < -0.3 is 30.0 Å². The average molecular weight is 743 g/mol. The van der Waals surface area contributed by atoms with Crippen molar-refractivity contribution in [1.29, 1.82) is 0 Å². The van der Waals surface area contributed by atoms with Crippen LogP contribution in [-0.4, -0.2) is 127 Å². The number of pyridine rings is 2. The van der Waals surface area contributed by atoms with E-state index in [4.69, 9.17) is 0 Å². The normalized spacial score (nSPS) is 21.0. The SMILES string of the molecule is CC(=O)N1CCN(C(C)=O)Cc2cc(C#CC#Cc3cc4nc(c3)C[N+]([O-])(C(C)=O)CCN(C(C)=O)CCN(C(C)=O)C4)cc(n2)C[N+]([O-])(C(C)=O)CC1. The van der Waals surface area contributed by atoms with Gasteiger partial charge in [0.2, 0.25) is 23.6 Å². The Morgan fingerprint density at radius 1 is 0.519 bits per heavy atom. The summed E-state index contributed by atoms with van der Waals surface area (Å²) < 4.78 is -2.47. The Morgan fingerprint density at radius 2 is 0.833 bits per heavy atom. The molecule has 0 saturated carbocycles. The first-order valence-corrected chi connectivity index (χ1v) is 17.6. The van der Waals surface area contributed by atoms with Gasteiger partial charge >= 0.3 is 11.8 Å². The van der Waals surface area contributed by atoms with E-state index in [0.717, 1.165) is 0 Å². The van der Waals surface area contributed by atoms with Gasteiger partial charge in [0, 0.05) is 65.0 Å². The molecule has 0 saturated heterocycles. The Labute approximate surface area is 315 Å². The second kappa shape index (κ2) is 17.5. The fourth-order valence-electron chi connectivity index (χ4n) is 6.18. The maximum Gasteiger partial charge on any atom is 0.310 e. The zero-order chi connectivity index (χ0) is 39.8. The Balaban J connectivity index is 1.71. The maximum atomic E-state index is 13.7. The van der Waals surface area contributed by atoms with Crippen molar-refractivity contribution >= 4 is 35.4 Å². The van der Waals surface area contributed by atoms with E-state index in [9.17, 15) is 39.2 Å². The molecule has 2 unspecified atom stereocenters. The first kappa shape index (κ1) is 41.2. The third-order valence-electron chi connectivity index (χ3n) is 9.55. The van der Waals surface area contributed by atoms with Crippen LogP contribution in [0.5, 0.6) is 0 Å². The van der Waals surface area contributed by atoms with Gasteiger partial charge in [-0.15, -0.1) is 0 Å². The van der Waals surface area contributed by atoms with Crippen molar-refractivity contribution in [2.75, 3.05) is 52.4 Å². The third kappa shape index (κ3) is 11.0. The predicted octanol–water partition coefficient (Wildman–Crippen LogP) is 1.02. The lowest BCUT2D eigenvalue weighted by atomic mass is 10.1. The zero-order valence-corrected chi connectivity index (χ0v) is 31.6. The highest BCUT2D eigenvalue weighted by Crippen LogP contribution is 2.19. The van der Waals surface area contributed by atoms with Gasteiger partial charge in [-0.3, -0.25) is 28.5 Å². The number of quaternary nitrogens is 2. The first-order valence-electron chi connectivity index (χ1n) is 17.6. The number of amides is 6. The summed E-state index contributed by atoms with van der Waals surface area (Å²) >= 11 is 0. The Hall–Kier alpha value is -5.52. The molecule has 54 heavy (non-hydrogen) atoms. The number of hydrogen-bond donors (Lipinski definition) is 0. The number of hydroxylamine groups is 6. The largest absolute Gasteiger partial charge is 0.625 e. The molecular formula is C38H46N8O8. The van der Waals surface area contributed by atoms with Crippen molar-refractivity contribution in [1.82, 2.24) is 29.6 Å². The van der Waals surface area contributed by atoms with Crippen molar-refractivity contribution in [3.8, 4) is 23.7 Å². The average Bonchev–Trinajstić information content (AvgIpc) is 3.07. The minimum absolute atomic E-state index is 0.0271. The van der Waals surface area contributed by atoms with Crippen LogP contribution in [0.25, 0.3) is 0 Å². The van der Waals surface area contributed by atoms with Crippen LogP contribution in [0, 0.1) is 34.1 Å². The van der Waals surface area contributed by atoms with Gasteiger partial charge in [-0.2, -0.15) is 0 Å². The van der Waals surface area contributed by atoms with Crippen LogP contribution in [-0.2, 0) is 54.9 Å². The number of carbonyl (C=O) groups is 6. The van der Waals surface area contributed by atoms with Gasteiger partial charge in [0.25, 0.3) is 0 Å². The molecule has 4 rings (SSSR count). The molecule has 0 fully saturated rings. The number of nitrogens with zero attached hydrogens (tertiary/aromatic N) is 8. The van der Waals surface area contributed by atoms with Crippen molar-refractivity contribution in [2.45, 2.75) is 67.7 Å². The zero-order valence-electron chi connectivity index (χ0n) is 31.6. The summed E-state index contributed by atoms with van der Waals surface area (Å²) in [6.07, 6.45) is 0. The summed E-state index contributed by atoms with van der Waals surface area (Å²) in [7, 11) is 0. The Morgan fingerprint density at radius 3 is 1.15 bits per heavy atom. The number of carbonyl (C=O) groups excluding carboxylic acids is 6. The van der Waals surface area contributed by atoms with Crippen molar-refractivity contribution < 1.29 is 38.1 Å². The molecule has 2 aliphatic heterocycles. The summed E-state index contributed by atoms with van der Waals surface area (Å²) in [6.45, 7) is 7.98. The Bertz CT molecular complexity index is 1820. The van der Waals surface area contributed by atoms with Gasteiger partial charge in [-0.05, 0) is 36.1 Å². The molecule has 4 heterocycles. The minimum Gasteiger partial charge on any atom is -0.625 e. The van der Waals surface area contributed by atoms with E-state index in [1.54, 1.807) is 34.1 Å². The molecule has 0 aromatic carbocycles. The molecule has 0 radical (unpaired) electrons. The molecule has 6 amide bonds. The number of fused-ring (bicyclic) bond motifs is 4. The van der Waals surface area contributed by atoms with Gasteiger partial charge in [-0.1, -0.05) is 11.8 Å². The summed E-state index contributed by atoms with van der Waals surface area (Å²) in [5, 5.41) is 27.4. The Kier molecular flexibility index (Phi) is 13.4. The molecule has 0 spiro atoms. The highest BCUT2D eigenvalue weighted by Gasteiger charge is 2.29. The van der Waals surface area contributed by atoms with Crippen molar-refractivity contribution in [3.63, 3.8) is 0 Å². The van der Waals surface area contributed by atoms with E-state index in [1.807, 2.05) is 0 Å². The molecule has 16 heteroatoms. The number of rotatable bonds is 0. The van der Waals surface area contributed by atoms with E-state index >= 15 is 0 Å². The lowest BCUT2D eigenvalue weighted by Crippen LogP contribution is -2.51. The topological polar surface area (TPSA) is 187 Å². The van der Waals surface area contributed by atoms with E-state index < -0.39 is 21.1 Å². The highest BCUT2D eigenvalue weighted by molar-refractivity contribution is 5.75. The fraction of sp³-hybridized carbons (Fsp3) is 0.474. The third-order valence-corrected chi connectivity index (χ3v) is 9.55. The molecule has 4 bridgehead atoms. The molecule has 0 aliphatic carbocycles. The second-order valence-electron chi connectivity index (χ2n) is 13.7. The van der Waals surface area contributed by atoms with Crippen LogP contribution < -0.4 is 0 Å². The van der Waals surface area contributed by atoms with Gasteiger partial charge in [0.1, 0.15) is 26.2 Å². The summed E-state index contributed by atoms with van der Waals surface area (Å²) in [5.41, 5.74) is 2.35. The minimum atomic E-state index is -1.24. The lowest BCUT2D eigenvalue weighted by molar-refractivity contribution is -0.817. The van der Waals surface area contributed by atoms with Crippen LogP contribution in [0.2, 0.25) is 0 Å². The van der Waals surface area contributed by atoms with E-state index in [-0.39, 0.29) is 114 Å².